The Hall–Kier alpha value is -0.900. The molecule has 0 spiro atoms. The molecular weight excluding hydrogens is 244 g/mol. The minimum Gasteiger partial charge on any atom is -0.461 e. The van der Waals surface area contributed by atoms with Gasteiger partial charge in [-0.15, -0.1) is 0 Å². The maximum Gasteiger partial charge on any atom is 0.309 e. The normalized spacial score (nSPS) is 53.1. The van der Waals surface area contributed by atoms with Crippen LogP contribution < -0.4 is 0 Å². The van der Waals surface area contributed by atoms with Crippen molar-refractivity contribution in [1.82, 2.24) is 0 Å². The molecular formula is C15H22O4. The summed E-state index contributed by atoms with van der Waals surface area (Å²) in [6.07, 6.45) is 3.87. The van der Waals surface area contributed by atoms with Gasteiger partial charge in [-0.2, -0.15) is 0 Å². The minimum atomic E-state index is -0.488. The molecule has 0 bridgehead atoms. The maximum atomic E-state index is 11.8. The smallest absolute Gasteiger partial charge is 0.309 e. The van der Waals surface area contributed by atoms with Gasteiger partial charge in [0.1, 0.15) is 12.4 Å². The summed E-state index contributed by atoms with van der Waals surface area (Å²) in [7, 11) is 0. The van der Waals surface area contributed by atoms with E-state index in [0.29, 0.717) is 6.42 Å². The van der Waals surface area contributed by atoms with Crippen molar-refractivity contribution in [2.24, 2.45) is 29.1 Å². The third-order valence-corrected chi connectivity index (χ3v) is 5.78. The van der Waals surface area contributed by atoms with Gasteiger partial charge < -0.3 is 14.6 Å². The lowest BCUT2D eigenvalue weighted by molar-refractivity contribution is -0.163. The van der Waals surface area contributed by atoms with Gasteiger partial charge in [-0.3, -0.25) is 4.79 Å². The van der Waals surface area contributed by atoms with Crippen molar-refractivity contribution in [2.45, 2.75) is 51.7 Å². The van der Waals surface area contributed by atoms with Gasteiger partial charge in [-0.25, -0.2) is 0 Å². The highest BCUT2D eigenvalue weighted by Crippen LogP contribution is 2.57. The Kier molecular flexibility index (Phi) is 2.97. The molecule has 0 amide bonds. The van der Waals surface area contributed by atoms with Gasteiger partial charge in [0.05, 0.1) is 12.0 Å². The van der Waals surface area contributed by atoms with Gasteiger partial charge in [0.2, 0.25) is 0 Å². The van der Waals surface area contributed by atoms with E-state index < -0.39 is 6.10 Å². The van der Waals surface area contributed by atoms with Crippen LogP contribution in [0.15, 0.2) is 0 Å². The van der Waals surface area contributed by atoms with Gasteiger partial charge >= 0.3 is 5.97 Å². The van der Waals surface area contributed by atoms with Crippen LogP contribution in [0.4, 0.5) is 0 Å². The summed E-state index contributed by atoms with van der Waals surface area (Å²) in [5.41, 5.74) is -0.0747. The van der Waals surface area contributed by atoms with E-state index in [1.165, 1.54) is 0 Å². The molecule has 19 heavy (non-hydrogen) atoms. The largest absolute Gasteiger partial charge is 0.461 e. The lowest BCUT2D eigenvalue weighted by atomic mass is 9.52. The molecule has 7 atom stereocenters. The first-order valence-electron chi connectivity index (χ1n) is 7.32. The summed E-state index contributed by atoms with van der Waals surface area (Å²) >= 11 is 0. The van der Waals surface area contributed by atoms with Crippen LogP contribution >= 0.6 is 0 Å². The third-order valence-electron chi connectivity index (χ3n) is 5.78. The third kappa shape index (κ3) is 1.76. The summed E-state index contributed by atoms with van der Waals surface area (Å²) in [4.78, 5) is 23.2. The molecule has 3 aliphatic rings. The number of rotatable bonds is 1. The summed E-state index contributed by atoms with van der Waals surface area (Å²) < 4.78 is 5.56. The first kappa shape index (κ1) is 13.1. The molecule has 1 saturated heterocycles. The molecule has 4 heteroatoms. The molecule has 0 aromatic heterocycles. The predicted molar refractivity (Wildman–Crippen MR) is 68.2 cm³/mol. The average Bonchev–Trinajstić information content (AvgIpc) is 2.64. The zero-order valence-corrected chi connectivity index (χ0v) is 11.5. The summed E-state index contributed by atoms with van der Waals surface area (Å²) in [6, 6.07) is 0. The van der Waals surface area contributed by atoms with E-state index in [-0.39, 0.29) is 41.2 Å². The van der Waals surface area contributed by atoms with Gasteiger partial charge in [0.15, 0.2) is 0 Å². The quantitative estimate of drug-likeness (QED) is 0.578. The average molecular weight is 266 g/mol. The van der Waals surface area contributed by atoms with E-state index in [2.05, 4.69) is 6.92 Å². The SMILES string of the molecule is CC1C(=O)OC2C1C(O)CC1(C)CCCC(C=O)C21. The van der Waals surface area contributed by atoms with Crippen molar-refractivity contribution in [1.29, 1.82) is 0 Å². The van der Waals surface area contributed by atoms with Crippen LogP contribution in [0.5, 0.6) is 0 Å². The van der Waals surface area contributed by atoms with Crippen LogP contribution in [0, 0.1) is 29.1 Å². The summed E-state index contributed by atoms with van der Waals surface area (Å²) in [6.45, 7) is 3.97. The van der Waals surface area contributed by atoms with Crippen LogP contribution in [0.25, 0.3) is 0 Å². The number of aldehydes is 1. The molecule has 2 aliphatic carbocycles. The molecule has 1 aliphatic heterocycles. The van der Waals surface area contributed by atoms with E-state index in [4.69, 9.17) is 4.74 Å². The highest BCUT2D eigenvalue weighted by atomic mass is 16.6. The number of fused-ring (bicyclic) bond motifs is 3. The zero-order chi connectivity index (χ0) is 13.8. The van der Waals surface area contributed by atoms with Crippen molar-refractivity contribution in [3.8, 4) is 0 Å². The highest BCUT2D eigenvalue weighted by Gasteiger charge is 2.60. The number of hydrogen-bond acceptors (Lipinski definition) is 4. The summed E-state index contributed by atoms with van der Waals surface area (Å²) in [5, 5.41) is 10.4. The van der Waals surface area contributed by atoms with Gasteiger partial charge in [-0.05, 0) is 24.7 Å². The first-order chi connectivity index (χ1) is 8.98. The van der Waals surface area contributed by atoms with Gasteiger partial charge in [0, 0.05) is 17.8 Å². The number of hydrogen-bond donors (Lipinski definition) is 1. The van der Waals surface area contributed by atoms with Crippen molar-refractivity contribution < 1.29 is 19.4 Å². The molecule has 3 fully saturated rings. The van der Waals surface area contributed by atoms with E-state index >= 15 is 0 Å². The Labute approximate surface area is 113 Å². The van der Waals surface area contributed by atoms with Crippen LogP contribution in [-0.4, -0.2) is 29.6 Å². The number of esters is 1. The zero-order valence-electron chi connectivity index (χ0n) is 11.5. The molecule has 0 aromatic carbocycles. The Morgan fingerprint density at radius 2 is 2.21 bits per heavy atom. The second-order valence-corrected chi connectivity index (χ2v) is 6.91. The maximum absolute atomic E-state index is 11.8. The number of carbonyl (C=O) groups excluding carboxylic acids is 2. The fraction of sp³-hybridized carbons (Fsp3) is 0.867. The molecule has 2 saturated carbocycles. The number of aliphatic hydroxyl groups excluding tert-OH is 1. The Balaban J connectivity index is 1.99. The molecule has 0 aromatic rings. The molecule has 3 rings (SSSR count). The molecule has 1 N–H and O–H groups in total. The number of ether oxygens (including phenoxy) is 1. The Morgan fingerprint density at radius 1 is 1.47 bits per heavy atom. The minimum absolute atomic E-state index is 0.0307. The topological polar surface area (TPSA) is 63.6 Å². The lowest BCUT2D eigenvalue weighted by Gasteiger charge is -2.53. The van der Waals surface area contributed by atoms with Crippen molar-refractivity contribution in [3.63, 3.8) is 0 Å². The summed E-state index contributed by atoms with van der Waals surface area (Å²) in [5.74, 6) is -0.545. The molecule has 0 radical (unpaired) electrons. The predicted octanol–water partition coefficient (Wildman–Crippen LogP) is 1.55. The van der Waals surface area contributed by atoms with Crippen molar-refractivity contribution in [3.05, 3.63) is 0 Å². The molecule has 1 heterocycles. The van der Waals surface area contributed by atoms with Crippen LogP contribution in [0.2, 0.25) is 0 Å². The van der Waals surface area contributed by atoms with Crippen LogP contribution in [0.1, 0.15) is 39.5 Å². The van der Waals surface area contributed by atoms with E-state index in [0.717, 1.165) is 25.5 Å². The second kappa shape index (κ2) is 4.30. The second-order valence-electron chi connectivity index (χ2n) is 6.91. The van der Waals surface area contributed by atoms with Crippen LogP contribution in [0.3, 0.4) is 0 Å². The van der Waals surface area contributed by atoms with Gasteiger partial charge in [0.25, 0.3) is 0 Å². The monoisotopic (exact) mass is 266 g/mol. The van der Waals surface area contributed by atoms with Crippen molar-refractivity contribution in [2.75, 3.05) is 0 Å². The Morgan fingerprint density at radius 3 is 2.89 bits per heavy atom. The standard InChI is InChI=1S/C15H22O4/c1-8-11-10(17)6-15(2)5-3-4-9(7-16)12(15)13(11)19-14(8)18/h7-13,17H,3-6H2,1-2H3. The number of carbonyl (C=O) groups is 2. The molecule has 4 nitrogen and oxygen atoms in total. The fourth-order valence-electron chi connectivity index (χ4n) is 4.88. The van der Waals surface area contributed by atoms with E-state index in [1.807, 2.05) is 6.92 Å². The first-order valence-corrected chi connectivity index (χ1v) is 7.32. The van der Waals surface area contributed by atoms with E-state index in [9.17, 15) is 14.7 Å². The fourth-order valence-corrected chi connectivity index (χ4v) is 4.88. The lowest BCUT2D eigenvalue weighted by Crippen LogP contribution is -2.55. The number of aliphatic hydroxyl groups is 1. The van der Waals surface area contributed by atoms with Crippen LogP contribution in [-0.2, 0) is 14.3 Å². The van der Waals surface area contributed by atoms with Crippen molar-refractivity contribution >= 4 is 12.3 Å². The molecule has 106 valence electrons. The Bertz CT molecular complexity index is 407. The van der Waals surface area contributed by atoms with Gasteiger partial charge in [-0.1, -0.05) is 20.3 Å². The highest BCUT2D eigenvalue weighted by molar-refractivity contribution is 5.75. The van der Waals surface area contributed by atoms with E-state index in [1.54, 1.807) is 0 Å². The molecule has 7 unspecified atom stereocenters.